The molecule has 21 heavy (non-hydrogen) atoms. The van der Waals surface area contributed by atoms with Gasteiger partial charge in [0.2, 0.25) is 0 Å². The minimum atomic E-state index is -0.555. The number of hydrogen-bond donors (Lipinski definition) is 3. The maximum Gasteiger partial charge on any atom is 0.263 e. The summed E-state index contributed by atoms with van der Waals surface area (Å²) in [6, 6.07) is 11.6. The molecule has 3 N–H and O–H groups in total. The van der Waals surface area contributed by atoms with Crippen LogP contribution in [-0.2, 0) is 6.42 Å². The summed E-state index contributed by atoms with van der Waals surface area (Å²) >= 11 is 5.67. The second kappa shape index (κ2) is 6.99. The normalized spacial score (nSPS) is 10.3. The van der Waals surface area contributed by atoms with Crippen LogP contribution < -0.4 is 5.32 Å². The molecule has 4 nitrogen and oxygen atoms in total. The second-order valence-corrected chi connectivity index (χ2v) is 5.00. The van der Waals surface area contributed by atoms with E-state index in [1.54, 1.807) is 6.07 Å². The molecule has 0 radical (unpaired) electrons. The van der Waals surface area contributed by atoms with Crippen molar-refractivity contribution in [2.45, 2.75) is 12.8 Å². The molecule has 0 heterocycles. The maximum atomic E-state index is 12.1. The van der Waals surface area contributed by atoms with Gasteiger partial charge in [0.25, 0.3) is 5.91 Å². The Kier molecular flexibility index (Phi) is 5.06. The van der Waals surface area contributed by atoms with Gasteiger partial charge in [0, 0.05) is 11.6 Å². The van der Waals surface area contributed by atoms with Crippen LogP contribution in [0, 0.1) is 0 Å². The molecule has 0 fully saturated rings. The highest BCUT2D eigenvalue weighted by Crippen LogP contribution is 2.27. The number of halogens is 1. The Balaban J connectivity index is 2.16. The lowest BCUT2D eigenvalue weighted by atomic mass is 10.1. The van der Waals surface area contributed by atoms with Crippen molar-refractivity contribution in [3.05, 3.63) is 53.6 Å². The van der Waals surface area contributed by atoms with Gasteiger partial charge in [-0.15, -0.1) is 11.6 Å². The van der Waals surface area contributed by atoms with E-state index < -0.39 is 5.91 Å². The zero-order valence-electron chi connectivity index (χ0n) is 11.3. The van der Waals surface area contributed by atoms with E-state index in [2.05, 4.69) is 5.32 Å². The van der Waals surface area contributed by atoms with Crippen LogP contribution in [0.25, 0.3) is 0 Å². The smallest absolute Gasteiger partial charge is 0.263 e. The number of rotatable bonds is 5. The lowest BCUT2D eigenvalue weighted by Crippen LogP contribution is -2.12. The minimum Gasteiger partial charge on any atom is -0.507 e. The molecule has 0 saturated carbocycles. The molecule has 2 aromatic carbocycles. The zero-order valence-corrected chi connectivity index (χ0v) is 12.1. The Morgan fingerprint density at radius 3 is 2.43 bits per heavy atom. The average Bonchev–Trinajstić information content (AvgIpc) is 2.45. The van der Waals surface area contributed by atoms with Crippen LogP contribution in [0.3, 0.4) is 0 Å². The molecule has 1 amide bonds. The largest absolute Gasteiger partial charge is 0.507 e. The first-order valence-corrected chi connectivity index (χ1v) is 7.12. The molecule has 0 atom stereocenters. The molecule has 0 aliphatic heterocycles. The summed E-state index contributed by atoms with van der Waals surface area (Å²) in [5.41, 5.74) is 1.54. The first kappa shape index (κ1) is 15.2. The summed E-state index contributed by atoms with van der Waals surface area (Å²) in [4.78, 5) is 12.1. The van der Waals surface area contributed by atoms with E-state index in [1.165, 1.54) is 18.2 Å². The third kappa shape index (κ3) is 3.89. The van der Waals surface area contributed by atoms with E-state index >= 15 is 0 Å². The highest BCUT2D eigenvalue weighted by molar-refractivity contribution is 6.17. The maximum absolute atomic E-state index is 12.1. The summed E-state index contributed by atoms with van der Waals surface area (Å²) in [6.07, 6.45) is 1.69. The van der Waals surface area contributed by atoms with Crippen LogP contribution in [0.15, 0.2) is 42.5 Å². The average molecular weight is 306 g/mol. The topological polar surface area (TPSA) is 69.6 Å². The summed E-state index contributed by atoms with van der Waals surface area (Å²) < 4.78 is 0. The van der Waals surface area contributed by atoms with Gasteiger partial charge in [-0.1, -0.05) is 18.2 Å². The number of benzene rings is 2. The van der Waals surface area contributed by atoms with Crippen molar-refractivity contribution >= 4 is 23.2 Å². The van der Waals surface area contributed by atoms with Crippen molar-refractivity contribution in [3.8, 4) is 11.5 Å². The van der Waals surface area contributed by atoms with E-state index in [0.29, 0.717) is 11.6 Å². The van der Waals surface area contributed by atoms with Gasteiger partial charge in [-0.25, -0.2) is 0 Å². The van der Waals surface area contributed by atoms with Gasteiger partial charge in [0.05, 0.1) is 0 Å². The number of phenols is 2. The fourth-order valence-corrected chi connectivity index (χ4v) is 2.16. The van der Waals surface area contributed by atoms with Gasteiger partial charge in [0.1, 0.15) is 17.1 Å². The predicted molar refractivity (Wildman–Crippen MR) is 83.2 cm³/mol. The number of aromatic hydroxyl groups is 2. The lowest BCUT2D eigenvalue weighted by molar-refractivity contribution is 0.102. The molecule has 2 aromatic rings. The summed E-state index contributed by atoms with van der Waals surface area (Å²) in [5, 5.41) is 22.0. The lowest BCUT2D eigenvalue weighted by Gasteiger charge is -2.09. The predicted octanol–water partition coefficient (Wildman–Crippen LogP) is 3.52. The van der Waals surface area contributed by atoms with Gasteiger partial charge >= 0.3 is 0 Å². The van der Waals surface area contributed by atoms with Crippen molar-refractivity contribution in [2.75, 3.05) is 11.2 Å². The minimum absolute atomic E-state index is 0.135. The fourth-order valence-electron chi connectivity index (χ4n) is 2.03. The van der Waals surface area contributed by atoms with E-state index in [-0.39, 0.29) is 17.1 Å². The second-order valence-electron chi connectivity index (χ2n) is 4.62. The zero-order chi connectivity index (χ0) is 15.2. The van der Waals surface area contributed by atoms with Crippen molar-refractivity contribution in [1.29, 1.82) is 0 Å². The first-order valence-electron chi connectivity index (χ1n) is 6.59. The monoisotopic (exact) mass is 305 g/mol. The van der Waals surface area contributed by atoms with E-state index in [0.717, 1.165) is 18.4 Å². The number of carbonyl (C=O) groups is 1. The summed E-state index contributed by atoms with van der Waals surface area (Å²) in [6.45, 7) is 0. The highest BCUT2D eigenvalue weighted by Gasteiger charge is 2.16. The molecule has 0 bridgehead atoms. The van der Waals surface area contributed by atoms with Gasteiger partial charge in [-0.3, -0.25) is 4.79 Å². The molecular formula is C16H16ClNO3. The molecule has 0 aliphatic rings. The van der Waals surface area contributed by atoms with Crippen LogP contribution in [0.1, 0.15) is 22.3 Å². The van der Waals surface area contributed by atoms with Gasteiger partial charge in [-0.05, 0) is 42.7 Å². The number of hydrogen-bond acceptors (Lipinski definition) is 3. The van der Waals surface area contributed by atoms with Gasteiger partial charge in [-0.2, -0.15) is 0 Å². The number of aryl methyl sites for hydroxylation is 1. The number of anilines is 1. The van der Waals surface area contributed by atoms with E-state index in [4.69, 9.17) is 11.6 Å². The molecule has 0 spiro atoms. The molecule has 0 aliphatic carbocycles. The SMILES string of the molecule is O=C(Nc1cccc(CCCCl)c1)c1c(O)cccc1O. The van der Waals surface area contributed by atoms with Crippen LogP contribution in [-0.4, -0.2) is 22.0 Å². The first-order chi connectivity index (χ1) is 10.1. The van der Waals surface area contributed by atoms with Crippen molar-refractivity contribution in [2.24, 2.45) is 0 Å². The fraction of sp³-hybridized carbons (Fsp3) is 0.188. The van der Waals surface area contributed by atoms with Crippen molar-refractivity contribution in [1.82, 2.24) is 0 Å². The van der Waals surface area contributed by atoms with Crippen LogP contribution in [0.5, 0.6) is 11.5 Å². The molecule has 0 saturated heterocycles. The third-order valence-electron chi connectivity index (χ3n) is 3.03. The van der Waals surface area contributed by atoms with Gasteiger partial charge < -0.3 is 15.5 Å². The Morgan fingerprint density at radius 1 is 1.10 bits per heavy atom. The Morgan fingerprint density at radius 2 is 1.76 bits per heavy atom. The van der Waals surface area contributed by atoms with E-state index in [9.17, 15) is 15.0 Å². The van der Waals surface area contributed by atoms with Crippen LogP contribution >= 0.6 is 11.6 Å². The number of phenolic OH excluding ortho intramolecular Hbond substituents is 2. The van der Waals surface area contributed by atoms with Crippen LogP contribution in [0.2, 0.25) is 0 Å². The third-order valence-corrected chi connectivity index (χ3v) is 3.30. The van der Waals surface area contributed by atoms with E-state index in [1.807, 2.05) is 18.2 Å². The summed E-state index contributed by atoms with van der Waals surface area (Å²) in [7, 11) is 0. The molecule has 110 valence electrons. The number of alkyl halides is 1. The van der Waals surface area contributed by atoms with Crippen LogP contribution in [0.4, 0.5) is 5.69 Å². The number of amides is 1. The Bertz CT molecular complexity index is 623. The molecule has 2 rings (SSSR count). The molecule has 5 heteroatoms. The molecular weight excluding hydrogens is 290 g/mol. The number of nitrogens with one attached hydrogen (secondary N) is 1. The Hall–Kier alpha value is -2.20. The number of carbonyl (C=O) groups excluding carboxylic acids is 1. The standard InChI is InChI=1S/C16H16ClNO3/c17-9-3-5-11-4-1-6-12(10-11)18-16(21)15-13(19)7-2-8-14(15)20/h1-2,4,6-8,10,19-20H,3,5,9H2,(H,18,21). The Labute approximate surface area is 128 Å². The highest BCUT2D eigenvalue weighted by atomic mass is 35.5. The van der Waals surface area contributed by atoms with Gasteiger partial charge in [0.15, 0.2) is 0 Å². The van der Waals surface area contributed by atoms with Crippen molar-refractivity contribution < 1.29 is 15.0 Å². The van der Waals surface area contributed by atoms with Crippen molar-refractivity contribution in [3.63, 3.8) is 0 Å². The summed E-state index contributed by atoms with van der Waals surface area (Å²) in [5.74, 6) is -0.487. The molecule has 0 unspecified atom stereocenters. The quantitative estimate of drug-likeness (QED) is 0.740. The molecule has 0 aromatic heterocycles.